The molecule has 1 aromatic rings. The number of hydrogen-bond acceptors (Lipinski definition) is 3. The Bertz CT molecular complexity index is 405. The second-order valence-electron chi connectivity index (χ2n) is 3.81. The lowest BCUT2D eigenvalue weighted by Gasteiger charge is -2.15. The molecule has 1 amide bonds. The molecule has 0 saturated carbocycles. The van der Waals surface area contributed by atoms with Gasteiger partial charge in [0.2, 0.25) is 0 Å². The maximum Gasteiger partial charge on any atom is 0.308 e. The van der Waals surface area contributed by atoms with Crippen LogP contribution < -0.4 is 0 Å². The van der Waals surface area contributed by atoms with Crippen molar-refractivity contribution in [1.29, 1.82) is 0 Å². The number of nitrogens with zero attached hydrogens (tertiary/aromatic N) is 2. The summed E-state index contributed by atoms with van der Waals surface area (Å²) in [5.74, 6) is -1.37. The fourth-order valence-corrected chi connectivity index (χ4v) is 1.82. The van der Waals surface area contributed by atoms with Gasteiger partial charge < -0.3 is 10.0 Å². The third-order valence-electron chi connectivity index (χ3n) is 2.75. The minimum atomic E-state index is -0.829. The average molecular weight is 220 g/mol. The van der Waals surface area contributed by atoms with Gasteiger partial charge in [-0.15, -0.1) is 0 Å². The highest BCUT2D eigenvalue weighted by Crippen LogP contribution is 2.18. The summed E-state index contributed by atoms with van der Waals surface area (Å²) in [6.07, 6.45) is 3.64. The van der Waals surface area contributed by atoms with Crippen molar-refractivity contribution >= 4 is 11.9 Å². The van der Waals surface area contributed by atoms with Crippen LogP contribution in [-0.2, 0) is 4.79 Å². The average Bonchev–Trinajstić information content (AvgIpc) is 2.78. The van der Waals surface area contributed by atoms with E-state index in [2.05, 4.69) is 4.98 Å². The van der Waals surface area contributed by atoms with Crippen LogP contribution in [0.25, 0.3) is 0 Å². The number of pyridine rings is 1. The Balaban J connectivity index is 2.05. The second-order valence-corrected chi connectivity index (χ2v) is 3.81. The molecule has 1 fully saturated rings. The van der Waals surface area contributed by atoms with Crippen LogP contribution in [0.15, 0.2) is 24.5 Å². The van der Waals surface area contributed by atoms with E-state index in [1.165, 1.54) is 0 Å². The van der Waals surface area contributed by atoms with Crippen molar-refractivity contribution in [2.75, 3.05) is 13.1 Å². The first kappa shape index (κ1) is 10.6. The van der Waals surface area contributed by atoms with Gasteiger partial charge in [0.15, 0.2) is 0 Å². The fourth-order valence-electron chi connectivity index (χ4n) is 1.82. The summed E-state index contributed by atoms with van der Waals surface area (Å²) in [6.45, 7) is 0.814. The van der Waals surface area contributed by atoms with Gasteiger partial charge in [-0.25, -0.2) is 0 Å². The Morgan fingerprint density at radius 2 is 2.06 bits per heavy atom. The summed E-state index contributed by atoms with van der Waals surface area (Å²) >= 11 is 0. The highest BCUT2D eigenvalue weighted by atomic mass is 16.4. The predicted molar refractivity (Wildman–Crippen MR) is 55.9 cm³/mol. The largest absolute Gasteiger partial charge is 0.481 e. The molecule has 84 valence electrons. The van der Waals surface area contributed by atoms with Crippen molar-refractivity contribution in [2.45, 2.75) is 6.42 Å². The number of aliphatic carboxylic acids is 1. The molecular weight excluding hydrogens is 208 g/mol. The summed E-state index contributed by atoms with van der Waals surface area (Å²) in [6, 6.07) is 3.27. The Morgan fingerprint density at radius 1 is 1.38 bits per heavy atom. The highest BCUT2D eigenvalue weighted by Gasteiger charge is 2.31. The second kappa shape index (κ2) is 4.30. The van der Waals surface area contributed by atoms with Gasteiger partial charge in [0.05, 0.1) is 5.92 Å². The van der Waals surface area contributed by atoms with Gasteiger partial charge in [0.1, 0.15) is 0 Å². The van der Waals surface area contributed by atoms with Crippen LogP contribution in [0.2, 0.25) is 0 Å². The van der Waals surface area contributed by atoms with Crippen molar-refractivity contribution in [3.63, 3.8) is 0 Å². The number of likely N-dealkylation sites (tertiary alicyclic amines) is 1. The van der Waals surface area contributed by atoms with Crippen LogP contribution in [0.1, 0.15) is 16.8 Å². The van der Waals surface area contributed by atoms with Crippen LogP contribution >= 0.6 is 0 Å². The van der Waals surface area contributed by atoms with Gasteiger partial charge >= 0.3 is 5.97 Å². The molecule has 1 aliphatic heterocycles. The van der Waals surface area contributed by atoms with Crippen LogP contribution in [0.3, 0.4) is 0 Å². The number of carboxylic acids is 1. The third kappa shape index (κ3) is 2.03. The fraction of sp³-hybridized carbons (Fsp3) is 0.364. The van der Waals surface area contributed by atoms with Gasteiger partial charge in [-0.1, -0.05) is 0 Å². The zero-order valence-corrected chi connectivity index (χ0v) is 8.67. The van der Waals surface area contributed by atoms with Crippen LogP contribution in [0.4, 0.5) is 0 Å². The first-order chi connectivity index (χ1) is 7.68. The quantitative estimate of drug-likeness (QED) is 0.793. The molecule has 1 aromatic heterocycles. The minimum Gasteiger partial charge on any atom is -0.481 e. The minimum absolute atomic E-state index is 0.119. The topological polar surface area (TPSA) is 70.5 Å². The SMILES string of the molecule is O=C(O)[C@@H]1CCN(C(=O)c2ccncc2)C1. The summed E-state index contributed by atoms with van der Waals surface area (Å²) in [7, 11) is 0. The predicted octanol–water partition coefficient (Wildman–Crippen LogP) is 0.628. The van der Waals surface area contributed by atoms with Gasteiger partial charge in [-0.05, 0) is 18.6 Å². The monoisotopic (exact) mass is 220 g/mol. The molecule has 1 atom stereocenters. The molecule has 2 heterocycles. The molecule has 0 radical (unpaired) electrons. The summed E-state index contributed by atoms with van der Waals surface area (Å²) < 4.78 is 0. The Morgan fingerprint density at radius 3 is 2.62 bits per heavy atom. The molecule has 5 nitrogen and oxygen atoms in total. The standard InChI is InChI=1S/C11H12N2O3/c14-10(8-1-4-12-5-2-8)13-6-3-9(7-13)11(15)16/h1-2,4-5,9H,3,6-7H2,(H,15,16)/t9-/m1/s1. The van der Waals surface area contributed by atoms with E-state index in [1.54, 1.807) is 29.4 Å². The Labute approximate surface area is 92.7 Å². The molecule has 1 saturated heterocycles. The van der Waals surface area contributed by atoms with E-state index in [1.807, 2.05) is 0 Å². The lowest BCUT2D eigenvalue weighted by atomic mass is 10.1. The van der Waals surface area contributed by atoms with Crippen LogP contribution in [0, 0.1) is 5.92 Å². The first-order valence-corrected chi connectivity index (χ1v) is 5.10. The molecule has 1 N–H and O–H groups in total. The number of carboxylic acid groups (broad SMARTS) is 1. The normalized spacial score (nSPS) is 19.8. The van der Waals surface area contributed by atoms with E-state index in [4.69, 9.17) is 5.11 Å². The molecule has 0 aromatic carbocycles. The van der Waals surface area contributed by atoms with Gasteiger partial charge in [0, 0.05) is 31.0 Å². The van der Waals surface area contributed by atoms with Gasteiger partial charge in [-0.2, -0.15) is 0 Å². The van der Waals surface area contributed by atoms with Gasteiger partial charge in [0.25, 0.3) is 5.91 Å². The van der Waals surface area contributed by atoms with Gasteiger partial charge in [-0.3, -0.25) is 14.6 Å². The molecule has 0 unspecified atom stereocenters. The summed E-state index contributed by atoms with van der Waals surface area (Å²) in [5, 5.41) is 8.84. The lowest BCUT2D eigenvalue weighted by molar-refractivity contribution is -0.141. The van der Waals surface area contributed by atoms with Crippen LogP contribution in [-0.4, -0.2) is 40.0 Å². The van der Waals surface area contributed by atoms with E-state index >= 15 is 0 Å². The van der Waals surface area contributed by atoms with Crippen molar-refractivity contribution in [1.82, 2.24) is 9.88 Å². The zero-order valence-electron chi connectivity index (χ0n) is 8.67. The number of carbonyl (C=O) groups is 2. The molecule has 0 spiro atoms. The molecule has 1 aliphatic rings. The van der Waals surface area contributed by atoms with Crippen molar-refractivity contribution in [3.05, 3.63) is 30.1 Å². The smallest absolute Gasteiger partial charge is 0.308 e. The Hall–Kier alpha value is -1.91. The molecule has 16 heavy (non-hydrogen) atoms. The maximum atomic E-state index is 11.9. The molecule has 0 bridgehead atoms. The van der Waals surface area contributed by atoms with Crippen molar-refractivity contribution in [3.8, 4) is 0 Å². The molecule has 5 heteroatoms. The number of rotatable bonds is 2. The van der Waals surface area contributed by atoms with Crippen molar-refractivity contribution < 1.29 is 14.7 Å². The number of hydrogen-bond donors (Lipinski definition) is 1. The number of aromatic nitrogens is 1. The summed E-state index contributed by atoms with van der Waals surface area (Å²) in [4.78, 5) is 28.1. The highest BCUT2D eigenvalue weighted by molar-refractivity contribution is 5.94. The summed E-state index contributed by atoms with van der Waals surface area (Å²) in [5.41, 5.74) is 0.557. The maximum absolute atomic E-state index is 11.9. The molecule has 2 rings (SSSR count). The van der Waals surface area contributed by atoms with E-state index in [0.717, 1.165) is 0 Å². The molecule has 0 aliphatic carbocycles. The number of amides is 1. The lowest BCUT2D eigenvalue weighted by Crippen LogP contribution is -2.29. The third-order valence-corrected chi connectivity index (χ3v) is 2.75. The van der Waals surface area contributed by atoms with E-state index in [9.17, 15) is 9.59 Å². The van der Waals surface area contributed by atoms with E-state index < -0.39 is 11.9 Å². The van der Waals surface area contributed by atoms with E-state index in [-0.39, 0.29) is 5.91 Å². The van der Waals surface area contributed by atoms with Crippen LogP contribution in [0.5, 0.6) is 0 Å². The Kier molecular flexibility index (Phi) is 2.85. The van der Waals surface area contributed by atoms with E-state index in [0.29, 0.717) is 25.1 Å². The first-order valence-electron chi connectivity index (χ1n) is 5.10. The van der Waals surface area contributed by atoms with Crippen molar-refractivity contribution in [2.24, 2.45) is 5.92 Å². The molecular formula is C11H12N2O3. The number of carbonyl (C=O) groups excluding carboxylic acids is 1. The zero-order chi connectivity index (χ0) is 11.5.